The molecule has 1 saturated heterocycles. The predicted molar refractivity (Wildman–Crippen MR) is 73.0 cm³/mol. The van der Waals surface area contributed by atoms with Crippen LogP contribution in [0.15, 0.2) is 6.33 Å². The molecule has 11 heteroatoms. The Morgan fingerprint density at radius 1 is 1.23 bits per heavy atom. The van der Waals surface area contributed by atoms with Gasteiger partial charge in [0, 0.05) is 0 Å². The minimum atomic E-state index is -1.30. The lowest BCUT2D eigenvalue weighted by Crippen LogP contribution is -2.33. The molecule has 0 aliphatic carbocycles. The van der Waals surface area contributed by atoms with Crippen molar-refractivity contribution in [3.63, 3.8) is 0 Å². The lowest BCUT2D eigenvalue weighted by atomic mass is 10.1. The van der Waals surface area contributed by atoms with E-state index in [0.717, 1.165) is 0 Å². The fraction of sp³-hybridized carbons (Fsp3) is 0.455. The number of aromatic nitrogens is 4. The number of ether oxygens (including phenoxy) is 1. The number of aliphatic hydroxyl groups excluding tert-OH is 3. The number of nitrogens with zero attached hydrogens (tertiary/aromatic N) is 4. The van der Waals surface area contributed by atoms with Crippen LogP contribution >= 0.6 is 0 Å². The second kappa shape index (κ2) is 5.14. The summed E-state index contributed by atoms with van der Waals surface area (Å²) in [6.45, 7) is -0.455. The lowest BCUT2D eigenvalue weighted by Gasteiger charge is -2.17. The summed E-state index contributed by atoms with van der Waals surface area (Å²) in [6, 6.07) is 0. The maximum atomic E-state index is 10.1. The van der Waals surface area contributed by atoms with E-state index >= 15 is 0 Å². The number of hydrogen-bond donors (Lipinski definition) is 6. The van der Waals surface area contributed by atoms with Gasteiger partial charge in [-0.25, -0.2) is 4.98 Å². The molecule has 3 rings (SSSR count). The highest BCUT2D eigenvalue weighted by Crippen LogP contribution is 2.33. The summed E-state index contributed by atoms with van der Waals surface area (Å²) >= 11 is 0. The van der Waals surface area contributed by atoms with E-state index in [1.165, 1.54) is 10.9 Å². The first-order valence-corrected chi connectivity index (χ1v) is 6.41. The molecular formula is C11H15N7O4. The molecule has 22 heavy (non-hydrogen) atoms. The van der Waals surface area contributed by atoms with Crippen LogP contribution in [0, 0.1) is 5.41 Å². The highest BCUT2D eigenvalue weighted by Gasteiger charge is 2.44. The summed E-state index contributed by atoms with van der Waals surface area (Å²) in [6.07, 6.45) is -3.22. The number of fused-ring (bicyclic) bond motifs is 1. The summed E-state index contributed by atoms with van der Waals surface area (Å²) in [7, 11) is 0. The Morgan fingerprint density at radius 3 is 2.55 bits per heavy atom. The Morgan fingerprint density at radius 2 is 1.91 bits per heavy atom. The minimum absolute atomic E-state index is 0.0466. The van der Waals surface area contributed by atoms with Crippen molar-refractivity contribution in [3.8, 4) is 0 Å². The quantitative estimate of drug-likeness (QED) is 0.337. The van der Waals surface area contributed by atoms with Crippen molar-refractivity contribution < 1.29 is 20.1 Å². The zero-order valence-corrected chi connectivity index (χ0v) is 11.3. The highest BCUT2D eigenvalue weighted by molar-refractivity contribution is 5.90. The second-order valence-corrected chi connectivity index (χ2v) is 4.90. The Hall–Kier alpha value is -2.34. The van der Waals surface area contributed by atoms with Crippen molar-refractivity contribution in [1.29, 1.82) is 5.41 Å². The Bertz CT molecular complexity index is 779. The molecule has 2 aromatic rings. The first-order valence-electron chi connectivity index (χ1n) is 6.41. The van der Waals surface area contributed by atoms with Crippen LogP contribution in [0.4, 0.5) is 11.6 Å². The number of aliphatic hydroxyl groups is 3. The maximum Gasteiger partial charge on any atom is 0.245 e. The number of nitrogen functional groups attached to an aromatic ring is 2. The van der Waals surface area contributed by atoms with Gasteiger partial charge in [-0.3, -0.25) is 9.98 Å². The van der Waals surface area contributed by atoms with E-state index in [9.17, 15) is 10.2 Å². The SMILES string of the molecule is N=c1nc(N)c2ncn([C@@H]3O[C@H](CO)[C@@H](O)[C@H]3O)c2c(N)n1. The van der Waals surface area contributed by atoms with Crippen LogP contribution in [0.1, 0.15) is 6.23 Å². The highest BCUT2D eigenvalue weighted by atomic mass is 16.6. The van der Waals surface area contributed by atoms with Gasteiger partial charge in [-0.2, -0.15) is 9.97 Å². The maximum absolute atomic E-state index is 10.1. The third kappa shape index (κ3) is 2.07. The predicted octanol–water partition coefficient (Wildman–Crippen LogP) is -2.92. The van der Waals surface area contributed by atoms with Gasteiger partial charge >= 0.3 is 0 Å². The Labute approximate surface area is 123 Å². The van der Waals surface area contributed by atoms with Gasteiger partial charge < -0.3 is 31.5 Å². The zero-order valence-electron chi connectivity index (χ0n) is 11.3. The number of anilines is 2. The van der Waals surface area contributed by atoms with Crippen LogP contribution in [0.5, 0.6) is 0 Å². The summed E-state index contributed by atoms with van der Waals surface area (Å²) < 4.78 is 6.77. The van der Waals surface area contributed by atoms with Crippen molar-refractivity contribution in [2.24, 2.45) is 0 Å². The molecule has 3 heterocycles. The standard InChI is InChI=1S/C11H15N7O4/c12-8-4-5(9(13)17-11(14)16-8)18(2-15-4)10-7(21)6(20)3(1-19)22-10/h2-3,6-7,10,19-21H,1H2,(H5,12,13,14,16,17)/t3-,6-,7-,10-/m1/s1. The smallest absolute Gasteiger partial charge is 0.245 e. The van der Waals surface area contributed by atoms with Crippen molar-refractivity contribution in [1.82, 2.24) is 19.5 Å². The third-order valence-corrected chi connectivity index (χ3v) is 3.52. The van der Waals surface area contributed by atoms with Crippen LogP contribution in [0.2, 0.25) is 0 Å². The van der Waals surface area contributed by atoms with Crippen LogP contribution in [0.3, 0.4) is 0 Å². The number of nitrogens with two attached hydrogens (primary N) is 2. The van der Waals surface area contributed by atoms with E-state index in [1.54, 1.807) is 0 Å². The normalized spacial score (nSPS) is 28.3. The molecule has 0 spiro atoms. The molecule has 0 aromatic carbocycles. The molecule has 0 radical (unpaired) electrons. The summed E-state index contributed by atoms with van der Waals surface area (Å²) in [4.78, 5) is 11.5. The molecule has 11 nitrogen and oxygen atoms in total. The monoisotopic (exact) mass is 309 g/mol. The van der Waals surface area contributed by atoms with E-state index in [1.807, 2.05) is 0 Å². The van der Waals surface area contributed by atoms with E-state index in [2.05, 4.69) is 15.0 Å². The van der Waals surface area contributed by atoms with Crippen molar-refractivity contribution in [2.45, 2.75) is 24.5 Å². The topological polar surface area (TPSA) is 189 Å². The molecule has 1 aliphatic heterocycles. The molecule has 0 unspecified atom stereocenters. The molecule has 1 fully saturated rings. The number of imidazole rings is 1. The first kappa shape index (κ1) is 14.6. The van der Waals surface area contributed by atoms with E-state index in [4.69, 9.17) is 26.7 Å². The zero-order chi connectivity index (χ0) is 16.0. The fourth-order valence-corrected chi connectivity index (χ4v) is 2.46. The number of nitrogens with one attached hydrogen (secondary N) is 1. The number of hydrogen-bond acceptors (Lipinski definition) is 10. The summed E-state index contributed by atoms with van der Waals surface area (Å²) in [5, 5.41) is 36.6. The van der Waals surface area contributed by atoms with Gasteiger partial charge in [-0.15, -0.1) is 0 Å². The van der Waals surface area contributed by atoms with Crippen molar-refractivity contribution in [3.05, 3.63) is 11.9 Å². The minimum Gasteiger partial charge on any atom is -0.394 e. The third-order valence-electron chi connectivity index (χ3n) is 3.52. The average Bonchev–Trinajstić information content (AvgIpc) is 2.98. The van der Waals surface area contributed by atoms with Gasteiger partial charge in [-0.1, -0.05) is 0 Å². The van der Waals surface area contributed by atoms with Gasteiger partial charge in [-0.05, 0) is 0 Å². The Kier molecular flexibility index (Phi) is 3.41. The van der Waals surface area contributed by atoms with Crippen LogP contribution in [-0.4, -0.2) is 59.8 Å². The fourth-order valence-electron chi connectivity index (χ4n) is 2.46. The Balaban J connectivity index is 2.20. The summed E-state index contributed by atoms with van der Waals surface area (Å²) in [5.74, 6) is -0.117. The number of rotatable bonds is 2. The molecule has 0 bridgehead atoms. The van der Waals surface area contributed by atoms with Gasteiger partial charge in [0.15, 0.2) is 17.9 Å². The van der Waals surface area contributed by atoms with E-state index < -0.39 is 31.1 Å². The van der Waals surface area contributed by atoms with Crippen molar-refractivity contribution >= 4 is 22.7 Å². The van der Waals surface area contributed by atoms with Crippen LogP contribution in [0.25, 0.3) is 11.0 Å². The van der Waals surface area contributed by atoms with Gasteiger partial charge in [0.05, 0.1) is 12.9 Å². The molecule has 1 aliphatic rings. The average molecular weight is 309 g/mol. The molecule has 2 aromatic heterocycles. The summed E-state index contributed by atoms with van der Waals surface area (Å²) in [5.41, 5.74) is 11.6. The van der Waals surface area contributed by atoms with Crippen LogP contribution in [-0.2, 0) is 4.74 Å². The van der Waals surface area contributed by atoms with E-state index in [-0.39, 0.29) is 28.3 Å². The molecule has 118 valence electrons. The van der Waals surface area contributed by atoms with Gasteiger partial charge in [0.25, 0.3) is 0 Å². The van der Waals surface area contributed by atoms with Gasteiger partial charge in [0.2, 0.25) is 5.62 Å². The molecular weight excluding hydrogens is 294 g/mol. The molecule has 4 atom stereocenters. The lowest BCUT2D eigenvalue weighted by molar-refractivity contribution is -0.0508. The van der Waals surface area contributed by atoms with Crippen molar-refractivity contribution in [2.75, 3.05) is 18.1 Å². The van der Waals surface area contributed by atoms with Crippen LogP contribution < -0.4 is 17.1 Å². The first-order chi connectivity index (χ1) is 10.4. The molecule has 8 N–H and O–H groups in total. The molecule has 0 saturated carbocycles. The second-order valence-electron chi connectivity index (χ2n) is 4.90. The van der Waals surface area contributed by atoms with Gasteiger partial charge in [0.1, 0.15) is 29.3 Å². The van der Waals surface area contributed by atoms with E-state index in [0.29, 0.717) is 0 Å². The molecule has 0 amide bonds. The largest absolute Gasteiger partial charge is 0.394 e.